The van der Waals surface area contributed by atoms with Crippen molar-refractivity contribution in [3.8, 4) is 0 Å². The first kappa shape index (κ1) is 15.5. The van der Waals surface area contributed by atoms with Crippen LogP contribution in [0.2, 0.25) is 0 Å². The molecule has 22 heavy (non-hydrogen) atoms. The van der Waals surface area contributed by atoms with Gasteiger partial charge in [0.25, 0.3) is 5.91 Å². The molecule has 0 saturated carbocycles. The van der Waals surface area contributed by atoms with Crippen LogP contribution in [0.5, 0.6) is 0 Å². The van der Waals surface area contributed by atoms with Crippen LogP contribution in [0.4, 0.5) is 11.4 Å². The zero-order chi connectivity index (χ0) is 15.7. The van der Waals surface area contributed by atoms with Crippen LogP contribution in [0.15, 0.2) is 53.0 Å². The van der Waals surface area contributed by atoms with Crippen molar-refractivity contribution in [1.29, 1.82) is 0 Å². The molecular weight excluding hydrogens is 459 g/mol. The molecule has 3 rings (SSSR count). The van der Waals surface area contributed by atoms with Crippen LogP contribution in [-0.4, -0.2) is 17.9 Å². The monoisotopic (exact) mass is 470 g/mol. The van der Waals surface area contributed by atoms with E-state index in [1.807, 2.05) is 36.4 Å². The fraction of sp³-hybridized carbons (Fsp3) is 0.125. The maximum absolute atomic E-state index is 12.5. The Hall–Kier alpha value is -1.41. The van der Waals surface area contributed by atoms with E-state index in [1.54, 1.807) is 12.1 Å². The first-order chi connectivity index (χ1) is 10.5. The van der Waals surface area contributed by atoms with Crippen LogP contribution in [0.3, 0.4) is 0 Å². The smallest absolute Gasteiger partial charge is 0.256 e. The summed E-state index contributed by atoms with van der Waals surface area (Å²) in [5, 5.41) is 3.13. The Kier molecular flexibility index (Phi) is 4.49. The highest BCUT2D eigenvalue weighted by molar-refractivity contribution is 14.1. The van der Waals surface area contributed by atoms with Gasteiger partial charge in [-0.25, -0.2) is 4.90 Å². The Morgan fingerprint density at radius 3 is 2.32 bits per heavy atom. The number of amides is 2. The standard InChI is InChI=1S/C16H12BrIN2O2/c17-10-1-7-13(8-2-10)20-15(21)9-14(16(20)22)19-12-5-3-11(18)4-6-12/h1-8,14,19H,9H2/t14-/m0/s1. The SMILES string of the molecule is O=C1C[C@H](Nc2ccc(I)cc2)C(=O)N1c1ccc(Br)cc1. The third-order valence-corrected chi connectivity index (χ3v) is 4.66. The van der Waals surface area contributed by atoms with Crippen molar-refractivity contribution in [3.63, 3.8) is 0 Å². The van der Waals surface area contributed by atoms with E-state index in [1.165, 1.54) is 4.90 Å². The van der Waals surface area contributed by atoms with Crippen molar-refractivity contribution >= 4 is 61.7 Å². The lowest BCUT2D eigenvalue weighted by Crippen LogP contribution is -2.34. The van der Waals surface area contributed by atoms with Gasteiger partial charge in [0.1, 0.15) is 6.04 Å². The van der Waals surface area contributed by atoms with Crippen LogP contribution in [0.1, 0.15) is 6.42 Å². The Balaban J connectivity index is 1.79. The minimum Gasteiger partial charge on any atom is -0.373 e. The van der Waals surface area contributed by atoms with Crippen LogP contribution in [0.25, 0.3) is 0 Å². The van der Waals surface area contributed by atoms with Gasteiger partial charge in [-0.05, 0) is 71.1 Å². The number of carbonyl (C=O) groups is 2. The van der Waals surface area contributed by atoms with Crippen molar-refractivity contribution in [2.45, 2.75) is 12.5 Å². The van der Waals surface area contributed by atoms with Gasteiger partial charge in [0.05, 0.1) is 12.1 Å². The van der Waals surface area contributed by atoms with E-state index < -0.39 is 6.04 Å². The summed E-state index contributed by atoms with van der Waals surface area (Å²) >= 11 is 5.57. The molecule has 0 radical (unpaired) electrons. The second-order valence-corrected chi connectivity index (χ2v) is 7.11. The minimum absolute atomic E-state index is 0.168. The van der Waals surface area contributed by atoms with Crippen molar-refractivity contribution in [3.05, 3.63) is 56.6 Å². The minimum atomic E-state index is -0.517. The van der Waals surface area contributed by atoms with Crippen molar-refractivity contribution < 1.29 is 9.59 Å². The van der Waals surface area contributed by atoms with Crippen molar-refractivity contribution in [2.24, 2.45) is 0 Å². The summed E-state index contributed by atoms with van der Waals surface area (Å²) < 4.78 is 2.03. The number of benzene rings is 2. The molecule has 1 aliphatic rings. The van der Waals surface area contributed by atoms with Crippen LogP contribution >= 0.6 is 38.5 Å². The number of carbonyl (C=O) groups excluding carboxylic acids is 2. The maximum Gasteiger partial charge on any atom is 0.256 e. The molecule has 1 aliphatic heterocycles. The largest absolute Gasteiger partial charge is 0.373 e. The lowest BCUT2D eigenvalue weighted by molar-refractivity contribution is -0.121. The molecule has 1 heterocycles. The third-order valence-electron chi connectivity index (χ3n) is 3.42. The summed E-state index contributed by atoms with van der Waals surface area (Å²) in [6.07, 6.45) is 0.168. The number of anilines is 2. The number of hydrogen-bond donors (Lipinski definition) is 1. The van der Waals surface area contributed by atoms with E-state index in [0.717, 1.165) is 13.7 Å². The Bertz CT molecular complexity index is 716. The number of nitrogens with zero attached hydrogens (tertiary/aromatic N) is 1. The highest BCUT2D eigenvalue weighted by Gasteiger charge is 2.39. The zero-order valence-corrected chi connectivity index (χ0v) is 15.2. The first-order valence-corrected chi connectivity index (χ1v) is 8.56. The normalized spacial score (nSPS) is 17.9. The molecule has 0 unspecified atom stereocenters. The van der Waals surface area contributed by atoms with Gasteiger partial charge in [-0.2, -0.15) is 0 Å². The molecule has 0 aromatic heterocycles. The second kappa shape index (κ2) is 6.37. The summed E-state index contributed by atoms with van der Waals surface area (Å²) in [6.45, 7) is 0. The number of nitrogens with one attached hydrogen (secondary N) is 1. The fourth-order valence-corrected chi connectivity index (χ4v) is 2.98. The molecule has 4 nitrogen and oxygen atoms in total. The van der Waals surface area contributed by atoms with E-state index in [0.29, 0.717) is 5.69 Å². The Morgan fingerprint density at radius 1 is 1.05 bits per heavy atom. The van der Waals surface area contributed by atoms with Crippen LogP contribution < -0.4 is 10.2 Å². The molecule has 6 heteroatoms. The van der Waals surface area contributed by atoms with Gasteiger partial charge in [-0.15, -0.1) is 0 Å². The van der Waals surface area contributed by atoms with Gasteiger partial charge in [0.2, 0.25) is 5.91 Å². The number of rotatable bonds is 3. The van der Waals surface area contributed by atoms with Gasteiger partial charge >= 0.3 is 0 Å². The number of halogens is 2. The Morgan fingerprint density at radius 2 is 1.68 bits per heavy atom. The van der Waals surface area contributed by atoms with Crippen molar-refractivity contribution in [1.82, 2.24) is 0 Å². The molecule has 2 amide bonds. The average Bonchev–Trinajstić information content (AvgIpc) is 2.77. The molecule has 1 saturated heterocycles. The van der Waals surface area contributed by atoms with E-state index in [4.69, 9.17) is 0 Å². The van der Waals surface area contributed by atoms with Gasteiger partial charge in [0, 0.05) is 13.7 Å². The number of imide groups is 1. The lowest BCUT2D eigenvalue weighted by Gasteiger charge is -2.16. The van der Waals surface area contributed by atoms with Gasteiger partial charge in [0.15, 0.2) is 0 Å². The quantitative estimate of drug-likeness (QED) is 0.548. The fourth-order valence-electron chi connectivity index (χ4n) is 2.35. The summed E-state index contributed by atoms with van der Waals surface area (Å²) in [4.78, 5) is 25.9. The summed E-state index contributed by atoms with van der Waals surface area (Å²) in [5.41, 5.74) is 1.44. The molecule has 0 spiro atoms. The lowest BCUT2D eigenvalue weighted by atomic mass is 10.2. The summed E-state index contributed by atoms with van der Waals surface area (Å²) in [5.74, 6) is -0.402. The average molecular weight is 471 g/mol. The van der Waals surface area contributed by atoms with E-state index in [2.05, 4.69) is 43.8 Å². The van der Waals surface area contributed by atoms with E-state index >= 15 is 0 Å². The van der Waals surface area contributed by atoms with Crippen molar-refractivity contribution in [2.75, 3.05) is 10.2 Å². The second-order valence-electron chi connectivity index (χ2n) is 4.95. The molecule has 1 atom stereocenters. The Labute approximate surface area is 150 Å². The van der Waals surface area contributed by atoms with Gasteiger partial charge < -0.3 is 5.32 Å². The van der Waals surface area contributed by atoms with Crippen LogP contribution in [0, 0.1) is 3.57 Å². The van der Waals surface area contributed by atoms with E-state index in [9.17, 15) is 9.59 Å². The first-order valence-electron chi connectivity index (χ1n) is 6.69. The topological polar surface area (TPSA) is 49.4 Å². The predicted molar refractivity (Wildman–Crippen MR) is 97.8 cm³/mol. The molecule has 112 valence electrons. The van der Waals surface area contributed by atoms with Gasteiger partial charge in [-0.1, -0.05) is 15.9 Å². The highest BCUT2D eigenvalue weighted by atomic mass is 127. The third kappa shape index (κ3) is 3.17. The molecule has 2 aromatic carbocycles. The number of hydrogen-bond acceptors (Lipinski definition) is 3. The molecule has 0 bridgehead atoms. The summed E-state index contributed by atoms with van der Waals surface area (Å²) in [6, 6.07) is 14.3. The highest BCUT2D eigenvalue weighted by Crippen LogP contribution is 2.26. The molecule has 1 N–H and O–H groups in total. The van der Waals surface area contributed by atoms with E-state index in [-0.39, 0.29) is 18.2 Å². The summed E-state index contributed by atoms with van der Waals surface area (Å²) in [7, 11) is 0. The molecular formula is C16H12BrIN2O2. The zero-order valence-electron chi connectivity index (χ0n) is 11.4. The molecule has 2 aromatic rings. The predicted octanol–water partition coefficient (Wildman–Crippen LogP) is 3.80. The van der Waals surface area contributed by atoms with Gasteiger partial charge in [-0.3, -0.25) is 9.59 Å². The molecule has 0 aliphatic carbocycles. The molecule has 1 fully saturated rings. The van der Waals surface area contributed by atoms with Crippen LogP contribution in [-0.2, 0) is 9.59 Å². The maximum atomic E-state index is 12.5.